The number of carbonyl (C=O) groups excluding carboxylic acids is 1. The number of carbonyl (C=O) groups is 1. The van der Waals surface area contributed by atoms with Crippen LogP contribution < -0.4 is 4.74 Å². The lowest BCUT2D eigenvalue weighted by molar-refractivity contribution is -0.127. The Balaban J connectivity index is 1.80. The molecule has 122 valence electrons. The van der Waals surface area contributed by atoms with E-state index in [1.165, 1.54) is 5.56 Å². The van der Waals surface area contributed by atoms with Crippen LogP contribution in [0.2, 0.25) is 0 Å². The summed E-state index contributed by atoms with van der Waals surface area (Å²) in [5, 5.41) is 2.05. The Morgan fingerprint density at radius 2 is 2.09 bits per heavy atom. The van der Waals surface area contributed by atoms with Crippen molar-refractivity contribution in [3.8, 4) is 5.75 Å². The monoisotopic (exact) mass is 330 g/mol. The van der Waals surface area contributed by atoms with Gasteiger partial charge in [0, 0.05) is 18.5 Å². The van der Waals surface area contributed by atoms with Crippen LogP contribution in [0.25, 0.3) is 10.9 Å². The summed E-state index contributed by atoms with van der Waals surface area (Å²) in [6.07, 6.45) is 3.17. The number of hydrogen-bond donors (Lipinski definition) is 0. The number of nitrogens with zero attached hydrogens (tertiary/aromatic N) is 2. The second-order valence-corrected chi connectivity index (χ2v) is 6.71. The molecule has 0 spiro atoms. The van der Waals surface area contributed by atoms with E-state index in [9.17, 15) is 4.79 Å². The number of likely N-dealkylation sites (tertiary alicyclic amines) is 1. The van der Waals surface area contributed by atoms with E-state index >= 15 is 0 Å². The number of fused-ring (bicyclic) bond motifs is 1. The van der Waals surface area contributed by atoms with Crippen molar-refractivity contribution in [3.63, 3.8) is 0 Å². The van der Waals surface area contributed by atoms with Crippen LogP contribution in [-0.2, 0) is 11.2 Å². The van der Waals surface area contributed by atoms with Crippen molar-refractivity contribution < 1.29 is 9.53 Å². The molecule has 1 aliphatic rings. The van der Waals surface area contributed by atoms with Gasteiger partial charge in [0.15, 0.2) is 0 Å². The second kappa shape index (κ2) is 7.21. The maximum atomic E-state index is 12.2. The lowest BCUT2D eigenvalue weighted by atomic mass is 10.1. The van der Waals surface area contributed by atoms with Gasteiger partial charge in [0.1, 0.15) is 10.8 Å². The highest BCUT2D eigenvalue weighted by Gasteiger charge is 2.18. The molecule has 1 aromatic carbocycles. The lowest BCUT2D eigenvalue weighted by Gasteiger charge is -2.15. The highest BCUT2D eigenvalue weighted by molar-refractivity contribution is 7.99. The minimum atomic E-state index is 0.228. The van der Waals surface area contributed by atoms with Crippen LogP contribution in [0.15, 0.2) is 29.3 Å². The highest BCUT2D eigenvalue weighted by atomic mass is 32.2. The van der Waals surface area contributed by atoms with Crippen molar-refractivity contribution in [2.24, 2.45) is 0 Å². The third-order valence-corrected chi connectivity index (χ3v) is 5.25. The summed E-state index contributed by atoms with van der Waals surface area (Å²) in [6.45, 7) is 3.94. The molecule has 0 saturated carbocycles. The molecular formula is C18H22N2O2S. The van der Waals surface area contributed by atoms with Crippen LogP contribution >= 0.6 is 11.8 Å². The Hall–Kier alpha value is -1.75. The zero-order valence-electron chi connectivity index (χ0n) is 13.7. The number of amides is 1. The van der Waals surface area contributed by atoms with Crippen molar-refractivity contribution >= 4 is 28.6 Å². The minimum absolute atomic E-state index is 0.228. The van der Waals surface area contributed by atoms with Gasteiger partial charge in [-0.3, -0.25) is 4.79 Å². The summed E-state index contributed by atoms with van der Waals surface area (Å²) in [5.41, 5.74) is 2.13. The van der Waals surface area contributed by atoms with Gasteiger partial charge in [0.25, 0.3) is 0 Å². The molecule has 1 aromatic heterocycles. The average molecular weight is 330 g/mol. The first-order chi connectivity index (χ1) is 11.2. The fourth-order valence-corrected chi connectivity index (χ4v) is 3.87. The summed E-state index contributed by atoms with van der Waals surface area (Å²) < 4.78 is 5.28. The van der Waals surface area contributed by atoms with E-state index in [0.717, 1.165) is 54.0 Å². The number of thioether (sulfide) groups is 1. The van der Waals surface area contributed by atoms with Gasteiger partial charge in [0.05, 0.1) is 18.4 Å². The summed E-state index contributed by atoms with van der Waals surface area (Å²) in [5.74, 6) is 1.54. The largest absolute Gasteiger partial charge is 0.497 e. The summed E-state index contributed by atoms with van der Waals surface area (Å²) >= 11 is 1.56. The van der Waals surface area contributed by atoms with Gasteiger partial charge in [-0.1, -0.05) is 18.7 Å². The maximum Gasteiger partial charge on any atom is 0.232 e. The third kappa shape index (κ3) is 3.61. The average Bonchev–Trinajstić information content (AvgIpc) is 3.12. The third-order valence-electron chi connectivity index (χ3n) is 4.23. The molecule has 4 nitrogen and oxygen atoms in total. The normalized spacial score (nSPS) is 14.4. The van der Waals surface area contributed by atoms with Crippen molar-refractivity contribution in [3.05, 3.63) is 29.8 Å². The number of pyridine rings is 1. The molecule has 5 heteroatoms. The first-order valence-corrected chi connectivity index (χ1v) is 9.08. The van der Waals surface area contributed by atoms with E-state index < -0.39 is 0 Å². The molecule has 1 aliphatic heterocycles. The molecule has 23 heavy (non-hydrogen) atoms. The molecule has 0 atom stereocenters. The molecule has 1 saturated heterocycles. The first-order valence-electron chi connectivity index (χ1n) is 8.09. The van der Waals surface area contributed by atoms with Crippen molar-refractivity contribution in [1.29, 1.82) is 0 Å². The number of methoxy groups -OCH3 is 1. The SMILES string of the molecule is CCc1cc2cc(OC)ccc2nc1SCC(=O)N1CCCC1. The smallest absolute Gasteiger partial charge is 0.232 e. The van der Waals surface area contributed by atoms with Gasteiger partial charge in [0.2, 0.25) is 5.91 Å². The minimum Gasteiger partial charge on any atom is -0.497 e. The van der Waals surface area contributed by atoms with Crippen LogP contribution in [-0.4, -0.2) is 41.7 Å². The van der Waals surface area contributed by atoms with Gasteiger partial charge in [-0.2, -0.15) is 0 Å². The number of aromatic nitrogens is 1. The Kier molecular flexibility index (Phi) is 5.06. The Morgan fingerprint density at radius 1 is 1.30 bits per heavy atom. The molecule has 0 bridgehead atoms. The van der Waals surface area contributed by atoms with Gasteiger partial charge in [-0.25, -0.2) is 4.98 Å². The summed E-state index contributed by atoms with van der Waals surface area (Å²) in [6, 6.07) is 8.06. The zero-order valence-corrected chi connectivity index (χ0v) is 14.5. The number of rotatable bonds is 5. The van der Waals surface area contributed by atoms with Crippen LogP contribution in [0, 0.1) is 0 Å². The van der Waals surface area contributed by atoms with Gasteiger partial charge < -0.3 is 9.64 Å². The molecule has 0 N–H and O–H groups in total. The van der Waals surface area contributed by atoms with Gasteiger partial charge in [-0.15, -0.1) is 0 Å². The van der Waals surface area contributed by atoms with Gasteiger partial charge >= 0.3 is 0 Å². The van der Waals surface area contributed by atoms with Crippen LogP contribution in [0.3, 0.4) is 0 Å². The summed E-state index contributed by atoms with van der Waals surface area (Å²) in [4.78, 5) is 18.9. The highest BCUT2D eigenvalue weighted by Crippen LogP contribution is 2.28. The number of benzene rings is 1. The van der Waals surface area contributed by atoms with Gasteiger partial charge in [-0.05, 0) is 49.1 Å². The van der Waals surface area contributed by atoms with Crippen molar-refractivity contribution in [2.45, 2.75) is 31.2 Å². The molecule has 2 aromatic rings. The predicted octanol–water partition coefficient (Wildman–Crippen LogP) is 3.52. The molecule has 1 fully saturated rings. The molecule has 0 aliphatic carbocycles. The van der Waals surface area contributed by atoms with Crippen molar-refractivity contribution in [1.82, 2.24) is 9.88 Å². The Labute approximate surface area is 141 Å². The van der Waals surface area contributed by atoms with E-state index in [1.807, 2.05) is 23.1 Å². The second-order valence-electron chi connectivity index (χ2n) is 5.74. The quantitative estimate of drug-likeness (QED) is 0.787. The number of aryl methyl sites for hydroxylation is 1. The van der Waals surface area contributed by atoms with Crippen LogP contribution in [0.1, 0.15) is 25.3 Å². The maximum absolute atomic E-state index is 12.2. The van der Waals surface area contributed by atoms with E-state index in [0.29, 0.717) is 5.75 Å². The fourth-order valence-electron chi connectivity index (χ4n) is 2.87. The summed E-state index contributed by atoms with van der Waals surface area (Å²) in [7, 11) is 1.67. The van der Waals surface area contributed by atoms with E-state index in [-0.39, 0.29) is 5.91 Å². The molecule has 0 radical (unpaired) electrons. The van der Waals surface area contributed by atoms with Crippen molar-refractivity contribution in [2.75, 3.05) is 26.0 Å². The molecule has 2 heterocycles. The Morgan fingerprint density at radius 3 is 2.78 bits per heavy atom. The molecule has 0 unspecified atom stereocenters. The molecule has 3 rings (SSSR count). The molecule has 1 amide bonds. The fraction of sp³-hybridized carbons (Fsp3) is 0.444. The van der Waals surface area contributed by atoms with Crippen LogP contribution in [0.4, 0.5) is 0 Å². The Bertz CT molecular complexity index is 711. The van der Waals surface area contributed by atoms with Crippen LogP contribution in [0.5, 0.6) is 5.75 Å². The molecular weight excluding hydrogens is 308 g/mol. The standard InChI is InChI=1S/C18H22N2O2S/c1-3-13-10-14-11-15(22-2)6-7-16(14)19-18(13)23-12-17(21)20-8-4-5-9-20/h6-7,10-11H,3-5,8-9,12H2,1-2H3. The lowest BCUT2D eigenvalue weighted by Crippen LogP contribution is -2.29. The van der Waals surface area contributed by atoms with E-state index in [4.69, 9.17) is 9.72 Å². The van der Waals surface area contributed by atoms with E-state index in [1.54, 1.807) is 18.9 Å². The first kappa shape index (κ1) is 16.1. The van der Waals surface area contributed by atoms with E-state index in [2.05, 4.69) is 13.0 Å². The number of ether oxygens (including phenoxy) is 1. The predicted molar refractivity (Wildman–Crippen MR) is 94.2 cm³/mol. The zero-order chi connectivity index (χ0) is 16.2. The topological polar surface area (TPSA) is 42.4 Å². The number of hydrogen-bond acceptors (Lipinski definition) is 4.